The number of esters is 1. The maximum Gasteiger partial charge on any atom is 0.323 e. The minimum Gasteiger partial charge on any atom is -0.497 e. The predicted molar refractivity (Wildman–Crippen MR) is 136 cm³/mol. The van der Waals surface area contributed by atoms with Gasteiger partial charge in [0.15, 0.2) is 11.7 Å². The van der Waals surface area contributed by atoms with Crippen LogP contribution in [0.5, 0.6) is 5.75 Å². The minimum atomic E-state index is -1.06. The van der Waals surface area contributed by atoms with Crippen molar-refractivity contribution in [3.8, 4) is 11.4 Å². The number of rotatable bonds is 6. The number of carbonyl (C=O) groups excluding carboxylic acids is 2. The molecular weight excluding hydrogens is 448 g/mol. The van der Waals surface area contributed by atoms with Gasteiger partial charge in [0.1, 0.15) is 10.8 Å². The molecule has 7 heteroatoms. The number of thioether (sulfide) groups is 1. The molecule has 1 aliphatic heterocycles. The number of hydrogen-bond acceptors (Lipinski definition) is 6. The number of aryl methyl sites for hydroxylation is 1. The van der Waals surface area contributed by atoms with Crippen molar-refractivity contribution in [2.24, 2.45) is 10.9 Å². The van der Waals surface area contributed by atoms with E-state index in [1.165, 1.54) is 11.8 Å². The van der Waals surface area contributed by atoms with Gasteiger partial charge in [0.2, 0.25) is 0 Å². The molecule has 0 spiro atoms. The molecule has 1 aliphatic rings. The number of allylic oxidation sites excluding steroid dienone is 1. The first kappa shape index (κ1) is 23.6. The zero-order valence-electron chi connectivity index (χ0n) is 19.6. The first-order chi connectivity index (χ1) is 16.4. The molecule has 0 radical (unpaired) electrons. The van der Waals surface area contributed by atoms with E-state index in [2.05, 4.69) is 9.56 Å². The number of ketones is 1. The first-order valence-electron chi connectivity index (χ1n) is 11.0. The van der Waals surface area contributed by atoms with E-state index in [-0.39, 0.29) is 12.4 Å². The summed E-state index contributed by atoms with van der Waals surface area (Å²) in [5.74, 6) is -1.23. The summed E-state index contributed by atoms with van der Waals surface area (Å²) in [5.41, 5.74) is 4.68. The molecule has 174 valence electrons. The molecule has 3 aromatic rings. The number of ether oxygens (including phenoxy) is 2. The van der Waals surface area contributed by atoms with Crippen molar-refractivity contribution in [2.75, 3.05) is 13.7 Å². The molecule has 0 saturated carbocycles. The number of benzene rings is 2. The molecule has 1 fully saturated rings. The van der Waals surface area contributed by atoms with E-state index in [0.717, 1.165) is 22.6 Å². The van der Waals surface area contributed by atoms with Crippen LogP contribution in [0.2, 0.25) is 0 Å². The molecule has 1 saturated heterocycles. The van der Waals surface area contributed by atoms with Crippen molar-refractivity contribution in [2.45, 2.75) is 20.8 Å². The topological polar surface area (TPSA) is 69.9 Å². The molecule has 0 amide bonds. The summed E-state index contributed by atoms with van der Waals surface area (Å²) in [6.07, 6.45) is 1.84. The molecular formula is C27H26N2O4S. The molecule has 0 N–H and O–H groups in total. The Morgan fingerprint density at radius 3 is 2.47 bits per heavy atom. The molecule has 6 nitrogen and oxygen atoms in total. The van der Waals surface area contributed by atoms with E-state index < -0.39 is 11.9 Å². The highest BCUT2D eigenvalue weighted by Gasteiger charge is 2.43. The highest BCUT2D eigenvalue weighted by molar-refractivity contribution is 8.19. The van der Waals surface area contributed by atoms with E-state index in [1.54, 1.807) is 38.3 Å². The van der Waals surface area contributed by atoms with Gasteiger partial charge in [-0.2, -0.15) is 0 Å². The summed E-state index contributed by atoms with van der Waals surface area (Å²) < 4.78 is 12.5. The van der Waals surface area contributed by atoms with Gasteiger partial charge in [-0.25, -0.2) is 4.99 Å². The van der Waals surface area contributed by atoms with E-state index in [0.29, 0.717) is 21.4 Å². The summed E-state index contributed by atoms with van der Waals surface area (Å²) in [7, 11) is 1.59. The molecule has 1 atom stereocenters. The molecule has 0 bridgehead atoms. The smallest absolute Gasteiger partial charge is 0.323 e. The molecule has 34 heavy (non-hydrogen) atoms. The Morgan fingerprint density at radius 2 is 1.82 bits per heavy atom. The van der Waals surface area contributed by atoms with Gasteiger partial charge < -0.3 is 14.0 Å². The van der Waals surface area contributed by atoms with Gasteiger partial charge in [-0.15, -0.1) is 0 Å². The third-order valence-electron chi connectivity index (χ3n) is 5.57. The Hall–Kier alpha value is -3.58. The summed E-state index contributed by atoms with van der Waals surface area (Å²) in [4.78, 5) is 31.1. The summed E-state index contributed by atoms with van der Waals surface area (Å²) >= 11 is 1.22. The van der Waals surface area contributed by atoms with Crippen LogP contribution in [0.1, 0.15) is 23.9 Å². The van der Waals surface area contributed by atoms with Crippen molar-refractivity contribution in [3.05, 3.63) is 82.5 Å². The molecule has 0 aliphatic carbocycles. The van der Waals surface area contributed by atoms with Crippen LogP contribution in [0.3, 0.4) is 0 Å². The highest BCUT2D eigenvalue weighted by atomic mass is 32.2. The van der Waals surface area contributed by atoms with E-state index in [9.17, 15) is 9.59 Å². The monoisotopic (exact) mass is 474 g/mol. The lowest BCUT2D eigenvalue weighted by molar-refractivity contribution is -0.147. The Kier molecular flexibility index (Phi) is 7.03. The fraction of sp³-hybridized carbons (Fsp3) is 0.222. The number of carbonyl (C=O) groups is 2. The van der Waals surface area contributed by atoms with Crippen molar-refractivity contribution in [1.29, 1.82) is 0 Å². The fourth-order valence-corrected chi connectivity index (χ4v) is 5.03. The second-order valence-corrected chi connectivity index (χ2v) is 8.87. The SMILES string of the molecule is CCOC(=O)C1C(=O)/C(=C/c2cc(C)n(-c3ccccc3)c2C)SC1=Nc1ccc(OC)cc1. The minimum absolute atomic E-state index is 0.195. The van der Waals surface area contributed by atoms with Gasteiger partial charge in [-0.3, -0.25) is 9.59 Å². The number of hydrogen-bond donors (Lipinski definition) is 0. The van der Waals surface area contributed by atoms with Crippen LogP contribution in [0, 0.1) is 19.8 Å². The number of Topliss-reactive ketones (excluding diaryl/α,β-unsaturated/α-hetero) is 1. The zero-order valence-corrected chi connectivity index (χ0v) is 20.4. The van der Waals surface area contributed by atoms with Gasteiger partial charge in [-0.05, 0) is 74.9 Å². The largest absolute Gasteiger partial charge is 0.497 e. The summed E-state index contributed by atoms with van der Waals surface area (Å²) in [6.45, 7) is 5.97. The fourth-order valence-electron chi connectivity index (χ4n) is 3.93. The maximum absolute atomic E-state index is 13.3. The second-order valence-electron chi connectivity index (χ2n) is 7.81. The Bertz CT molecular complexity index is 1270. The number of nitrogens with zero attached hydrogens (tertiary/aromatic N) is 2. The van der Waals surface area contributed by atoms with E-state index >= 15 is 0 Å². The quantitative estimate of drug-likeness (QED) is 0.262. The first-order valence-corrected chi connectivity index (χ1v) is 11.8. The number of para-hydroxylation sites is 1. The predicted octanol–water partition coefficient (Wildman–Crippen LogP) is 5.67. The molecule has 1 unspecified atom stereocenters. The maximum atomic E-state index is 13.3. The number of aromatic nitrogens is 1. The van der Waals surface area contributed by atoms with E-state index in [1.807, 2.05) is 56.3 Å². The normalized spacial score (nSPS) is 18.0. The van der Waals surface area contributed by atoms with Crippen LogP contribution in [-0.2, 0) is 14.3 Å². The van der Waals surface area contributed by atoms with Crippen molar-refractivity contribution in [3.63, 3.8) is 0 Å². The lowest BCUT2D eigenvalue weighted by Crippen LogP contribution is -2.27. The average molecular weight is 475 g/mol. The van der Waals surface area contributed by atoms with E-state index in [4.69, 9.17) is 9.47 Å². The van der Waals surface area contributed by atoms with Crippen LogP contribution < -0.4 is 4.74 Å². The van der Waals surface area contributed by atoms with Gasteiger partial charge >= 0.3 is 5.97 Å². The summed E-state index contributed by atoms with van der Waals surface area (Å²) in [5, 5.41) is 0.414. The van der Waals surface area contributed by atoms with Crippen LogP contribution in [0.4, 0.5) is 5.69 Å². The van der Waals surface area contributed by atoms with Gasteiger partial charge in [0.05, 0.1) is 24.3 Å². The second kappa shape index (κ2) is 10.1. The van der Waals surface area contributed by atoms with Crippen LogP contribution in [0.15, 0.2) is 70.6 Å². The molecule has 2 aromatic carbocycles. The number of methoxy groups -OCH3 is 1. The third kappa shape index (κ3) is 4.70. The Labute approximate surface area is 203 Å². The number of aliphatic imine (C=N–C) groups is 1. The molecule has 1 aromatic heterocycles. The summed E-state index contributed by atoms with van der Waals surface area (Å²) in [6, 6.07) is 19.2. The Balaban J connectivity index is 1.72. The lowest BCUT2D eigenvalue weighted by Gasteiger charge is -2.09. The zero-order chi connectivity index (χ0) is 24.2. The molecule has 4 rings (SSSR count). The van der Waals surface area contributed by atoms with Gasteiger partial charge in [0, 0.05) is 17.1 Å². The average Bonchev–Trinajstić information content (AvgIpc) is 3.29. The third-order valence-corrected chi connectivity index (χ3v) is 6.65. The van der Waals surface area contributed by atoms with Gasteiger partial charge in [-0.1, -0.05) is 30.0 Å². The van der Waals surface area contributed by atoms with Crippen LogP contribution >= 0.6 is 11.8 Å². The van der Waals surface area contributed by atoms with Gasteiger partial charge in [0.25, 0.3) is 0 Å². The lowest BCUT2D eigenvalue weighted by atomic mass is 10.0. The van der Waals surface area contributed by atoms with Crippen molar-refractivity contribution < 1.29 is 19.1 Å². The highest BCUT2D eigenvalue weighted by Crippen LogP contribution is 2.39. The van der Waals surface area contributed by atoms with Crippen molar-refractivity contribution in [1.82, 2.24) is 4.57 Å². The van der Waals surface area contributed by atoms with Crippen molar-refractivity contribution >= 4 is 40.3 Å². The van der Waals surface area contributed by atoms with Crippen LogP contribution in [-0.4, -0.2) is 35.1 Å². The molecule has 2 heterocycles. The Morgan fingerprint density at radius 1 is 1.12 bits per heavy atom. The standard InChI is InChI=1S/C27H26N2O4S/c1-5-33-27(31)24-25(30)23(34-26(24)28-20-11-13-22(32-4)14-12-20)16-19-15-17(2)29(18(19)3)21-9-7-6-8-10-21/h6-16,24H,5H2,1-4H3/b23-16-,28-26?. The van der Waals surface area contributed by atoms with Crippen LogP contribution in [0.25, 0.3) is 11.8 Å².